The van der Waals surface area contributed by atoms with Gasteiger partial charge in [0.15, 0.2) is 0 Å². The zero-order chi connectivity index (χ0) is 12.0. The van der Waals surface area contributed by atoms with E-state index in [1.165, 1.54) is 11.1 Å². The van der Waals surface area contributed by atoms with Crippen molar-refractivity contribution in [1.29, 1.82) is 0 Å². The van der Waals surface area contributed by atoms with E-state index in [0.717, 1.165) is 11.0 Å². The van der Waals surface area contributed by atoms with E-state index in [2.05, 4.69) is 40.3 Å². The van der Waals surface area contributed by atoms with Gasteiger partial charge in [-0.3, -0.25) is 0 Å². The third-order valence-electron chi connectivity index (χ3n) is 2.36. The number of hydrogen-bond donors (Lipinski definition) is 2. The monoisotopic (exact) mass is 287 g/mol. The molecule has 0 saturated carbocycles. The van der Waals surface area contributed by atoms with E-state index in [-0.39, 0.29) is 0 Å². The molecule has 4 heteroatoms. The first-order valence-electron chi connectivity index (χ1n) is 5.26. The molecular formula is C12H18BrNO2. The van der Waals surface area contributed by atoms with Gasteiger partial charge in [0.05, 0.1) is 12.7 Å². The minimum Gasteiger partial charge on any atom is -0.389 e. The van der Waals surface area contributed by atoms with Crippen LogP contribution < -0.4 is 5.32 Å². The van der Waals surface area contributed by atoms with Gasteiger partial charge in [0, 0.05) is 24.7 Å². The van der Waals surface area contributed by atoms with Gasteiger partial charge in [0.1, 0.15) is 0 Å². The molecule has 0 saturated heterocycles. The molecule has 0 amide bonds. The Morgan fingerprint density at radius 1 is 1.50 bits per heavy atom. The number of ether oxygens (including phenoxy) is 1. The number of halogens is 1. The molecule has 0 spiro atoms. The van der Waals surface area contributed by atoms with Crippen LogP contribution in [0.4, 0.5) is 0 Å². The maximum Gasteiger partial charge on any atom is 0.0897 e. The molecule has 1 atom stereocenters. The fourth-order valence-electron chi connectivity index (χ4n) is 1.48. The molecule has 1 rings (SSSR count). The van der Waals surface area contributed by atoms with E-state index in [1.807, 2.05) is 6.07 Å². The first kappa shape index (κ1) is 13.6. The lowest BCUT2D eigenvalue weighted by Gasteiger charge is -2.12. The number of benzene rings is 1. The zero-order valence-electron chi connectivity index (χ0n) is 9.66. The van der Waals surface area contributed by atoms with Gasteiger partial charge in [0.2, 0.25) is 0 Å². The highest BCUT2D eigenvalue weighted by Gasteiger charge is 2.03. The smallest absolute Gasteiger partial charge is 0.0897 e. The van der Waals surface area contributed by atoms with Crippen LogP contribution >= 0.6 is 15.9 Å². The summed E-state index contributed by atoms with van der Waals surface area (Å²) >= 11 is 3.43. The highest BCUT2D eigenvalue weighted by atomic mass is 79.9. The molecule has 0 heterocycles. The Morgan fingerprint density at radius 3 is 2.88 bits per heavy atom. The van der Waals surface area contributed by atoms with Crippen LogP contribution in [-0.4, -0.2) is 31.5 Å². The van der Waals surface area contributed by atoms with Crippen LogP contribution in [0.3, 0.4) is 0 Å². The highest BCUT2D eigenvalue weighted by Crippen LogP contribution is 2.15. The minimum absolute atomic E-state index is 0.367. The lowest BCUT2D eigenvalue weighted by atomic mass is 10.1. The summed E-state index contributed by atoms with van der Waals surface area (Å²) in [5.41, 5.74) is 2.48. The van der Waals surface area contributed by atoms with Crippen LogP contribution in [0.25, 0.3) is 0 Å². The van der Waals surface area contributed by atoms with Crippen LogP contribution in [0, 0.1) is 6.92 Å². The van der Waals surface area contributed by atoms with Crippen LogP contribution in [-0.2, 0) is 11.3 Å². The molecule has 1 unspecified atom stereocenters. The van der Waals surface area contributed by atoms with Crippen molar-refractivity contribution in [2.75, 3.05) is 20.3 Å². The number of nitrogens with one attached hydrogen (secondary N) is 1. The lowest BCUT2D eigenvalue weighted by molar-refractivity contribution is 0.0644. The summed E-state index contributed by atoms with van der Waals surface area (Å²) in [5, 5.41) is 12.6. The summed E-state index contributed by atoms with van der Waals surface area (Å²) in [4.78, 5) is 0. The van der Waals surface area contributed by atoms with Gasteiger partial charge in [-0.25, -0.2) is 0 Å². The minimum atomic E-state index is -0.444. The molecule has 0 aliphatic rings. The Kier molecular flexibility index (Phi) is 5.98. The van der Waals surface area contributed by atoms with E-state index in [9.17, 15) is 5.11 Å². The summed E-state index contributed by atoms with van der Waals surface area (Å²) in [6.07, 6.45) is -0.444. The SMILES string of the molecule is COCC(O)CNCc1ccc(Br)cc1C. The quantitative estimate of drug-likeness (QED) is 0.839. The molecule has 0 aliphatic heterocycles. The average Bonchev–Trinajstić information content (AvgIpc) is 2.22. The van der Waals surface area contributed by atoms with E-state index < -0.39 is 6.10 Å². The molecule has 0 aromatic heterocycles. The van der Waals surface area contributed by atoms with E-state index in [0.29, 0.717) is 13.2 Å². The second-order valence-electron chi connectivity index (χ2n) is 3.81. The Labute approximate surface area is 105 Å². The third-order valence-corrected chi connectivity index (χ3v) is 2.85. The largest absolute Gasteiger partial charge is 0.389 e. The summed E-state index contributed by atoms with van der Waals surface area (Å²) in [5.74, 6) is 0. The van der Waals surface area contributed by atoms with Gasteiger partial charge < -0.3 is 15.2 Å². The Hall–Kier alpha value is -0.420. The molecule has 3 nitrogen and oxygen atoms in total. The van der Waals surface area contributed by atoms with E-state index in [1.54, 1.807) is 7.11 Å². The Balaban J connectivity index is 2.37. The van der Waals surface area contributed by atoms with Gasteiger partial charge in [-0.05, 0) is 30.2 Å². The lowest BCUT2D eigenvalue weighted by Crippen LogP contribution is -2.29. The maximum absolute atomic E-state index is 9.45. The van der Waals surface area contributed by atoms with Crippen molar-refractivity contribution in [2.45, 2.75) is 19.6 Å². The number of aliphatic hydroxyl groups is 1. The third kappa shape index (κ3) is 4.61. The van der Waals surface area contributed by atoms with E-state index >= 15 is 0 Å². The summed E-state index contributed by atoms with van der Waals surface area (Å²) < 4.78 is 5.94. The molecule has 1 aromatic carbocycles. The molecule has 0 aliphatic carbocycles. The zero-order valence-corrected chi connectivity index (χ0v) is 11.3. The summed E-state index contributed by atoms with van der Waals surface area (Å²) in [7, 11) is 1.59. The second kappa shape index (κ2) is 7.01. The molecule has 16 heavy (non-hydrogen) atoms. The highest BCUT2D eigenvalue weighted by molar-refractivity contribution is 9.10. The van der Waals surface area contributed by atoms with Crippen molar-refractivity contribution in [3.05, 3.63) is 33.8 Å². The van der Waals surface area contributed by atoms with Gasteiger partial charge >= 0.3 is 0 Å². The topological polar surface area (TPSA) is 41.5 Å². The van der Waals surface area contributed by atoms with Crippen molar-refractivity contribution < 1.29 is 9.84 Å². The summed E-state index contributed by atoms with van der Waals surface area (Å²) in [6, 6.07) is 6.19. The normalized spacial score (nSPS) is 12.8. The molecular weight excluding hydrogens is 270 g/mol. The Bertz CT molecular complexity index is 331. The molecule has 0 fully saturated rings. The van der Waals surface area contributed by atoms with Crippen molar-refractivity contribution >= 4 is 15.9 Å². The van der Waals surface area contributed by atoms with E-state index in [4.69, 9.17) is 4.74 Å². The van der Waals surface area contributed by atoms with Gasteiger partial charge in [-0.1, -0.05) is 22.0 Å². The molecule has 0 bridgehead atoms. The van der Waals surface area contributed by atoms with Gasteiger partial charge in [0.25, 0.3) is 0 Å². The van der Waals surface area contributed by atoms with Crippen molar-refractivity contribution in [2.24, 2.45) is 0 Å². The van der Waals surface area contributed by atoms with Gasteiger partial charge in [-0.2, -0.15) is 0 Å². The number of aliphatic hydroxyl groups excluding tert-OH is 1. The van der Waals surface area contributed by atoms with Crippen molar-refractivity contribution in [3.8, 4) is 0 Å². The number of aryl methyl sites for hydroxylation is 1. The number of rotatable bonds is 6. The standard InChI is InChI=1S/C12H18BrNO2/c1-9-5-11(13)4-3-10(9)6-14-7-12(15)8-16-2/h3-5,12,14-15H,6-8H2,1-2H3. The number of methoxy groups -OCH3 is 1. The maximum atomic E-state index is 9.45. The molecule has 90 valence electrons. The van der Waals surface area contributed by atoms with Crippen LogP contribution in [0.2, 0.25) is 0 Å². The first-order valence-corrected chi connectivity index (χ1v) is 6.05. The Morgan fingerprint density at radius 2 is 2.25 bits per heavy atom. The average molecular weight is 288 g/mol. The van der Waals surface area contributed by atoms with Crippen LogP contribution in [0.5, 0.6) is 0 Å². The molecule has 2 N–H and O–H groups in total. The second-order valence-corrected chi connectivity index (χ2v) is 4.73. The van der Waals surface area contributed by atoms with Crippen molar-refractivity contribution in [3.63, 3.8) is 0 Å². The predicted octanol–water partition coefficient (Wildman–Crippen LogP) is 1.85. The van der Waals surface area contributed by atoms with Crippen LogP contribution in [0.1, 0.15) is 11.1 Å². The predicted molar refractivity (Wildman–Crippen MR) is 68.5 cm³/mol. The van der Waals surface area contributed by atoms with Crippen molar-refractivity contribution in [1.82, 2.24) is 5.32 Å². The molecule has 1 aromatic rings. The number of hydrogen-bond acceptors (Lipinski definition) is 3. The fourth-order valence-corrected chi connectivity index (χ4v) is 1.96. The van der Waals surface area contributed by atoms with Gasteiger partial charge in [-0.15, -0.1) is 0 Å². The molecule has 0 radical (unpaired) electrons. The summed E-state index contributed by atoms with van der Waals surface area (Å²) in [6.45, 7) is 3.75. The first-order chi connectivity index (χ1) is 7.63. The fraction of sp³-hybridized carbons (Fsp3) is 0.500. The van der Waals surface area contributed by atoms with Crippen LogP contribution in [0.15, 0.2) is 22.7 Å².